The topological polar surface area (TPSA) is 66.9 Å². The fourth-order valence-electron chi connectivity index (χ4n) is 4.76. The zero-order valence-corrected chi connectivity index (χ0v) is 15.8. The first-order valence-electron chi connectivity index (χ1n) is 9.31. The quantitative estimate of drug-likeness (QED) is 0.589. The summed E-state index contributed by atoms with van der Waals surface area (Å²) in [6.07, 6.45) is 5.13. The third kappa shape index (κ3) is 2.74. The highest BCUT2D eigenvalue weighted by molar-refractivity contribution is 6.07. The Bertz CT molecular complexity index is 784. The second-order valence-corrected chi connectivity index (χ2v) is 7.83. The fraction of sp³-hybridized carbons (Fsp3) is 0.476. The van der Waals surface area contributed by atoms with Gasteiger partial charge in [0.05, 0.1) is 31.4 Å². The van der Waals surface area contributed by atoms with Crippen LogP contribution in [0.15, 0.2) is 36.4 Å². The number of hydrogen-bond acceptors (Lipinski definition) is 4. The lowest BCUT2D eigenvalue weighted by molar-refractivity contribution is -0.145. The number of ether oxygens (including phenoxy) is 1. The summed E-state index contributed by atoms with van der Waals surface area (Å²) in [5, 5.41) is 0. The van der Waals surface area contributed by atoms with Gasteiger partial charge in [0.25, 0.3) is 0 Å². The smallest absolute Gasteiger partial charge is 0.234 e. The van der Waals surface area contributed by atoms with Gasteiger partial charge in [0.15, 0.2) is 0 Å². The molecule has 3 aliphatic rings. The molecule has 0 N–H and O–H groups in total. The fourth-order valence-corrected chi connectivity index (χ4v) is 4.76. The number of methoxy groups -OCH3 is 1. The Balaban J connectivity index is 1.69. The van der Waals surface area contributed by atoms with Gasteiger partial charge >= 0.3 is 0 Å². The number of likely N-dealkylation sites (tertiary alicyclic amines) is 1. The number of benzene rings is 1. The van der Waals surface area contributed by atoms with Crippen molar-refractivity contribution in [3.8, 4) is 5.75 Å². The summed E-state index contributed by atoms with van der Waals surface area (Å²) in [5.74, 6) is 0.100. The van der Waals surface area contributed by atoms with Crippen LogP contribution < -0.4 is 4.74 Å². The molecule has 142 valence electrons. The number of imide groups is 1. The molecule has 27 heavy (non-hydrogen) atoms. The molecule has 1 heterocycles. The first-order chi connectivity index (χ1) is 12.9. The van der Waals surface area contributed by atoms with E-state index < -0.39 is 6.04 Å². The molecule has 6 nitrogen and oxygen atoms in total. The largest absolute Gasteiger partial charge is 0.497 e. The van der Waals surface area contributed by atoms with Crippen LogP contribution >= 0.6 is 0 Å². The van der Waals surface area contributed by atoms with Crippen molar-refractivity contribution < 1.29 is 19.1 Å². The lowest BCUT2D eigenvalue weighted by Crippen LogP contribution is -2.39. The van der Waals surface area contributed by atoms with E-state index in [1.165, 1.54) is 9.80 Å². The molecule has 5 unspecified atom stereocenters. The van der Waals surface area contributed by atoms with Gasteiger partial charge in [-0.25, -0.2) is 0 Å². The maximum Gasteiger partial charge on any atom is 0.234 e. The van der Waals surface area contributed by atoms with E-state index in [9.17, 15) is 14.4 Å². The van der Waals surface area contributed by atoms with Crippen LogP contribution in [-0.2, 0) is 14.4 Å². The third-order valence-electron chi connectivity index (χ3n) is 6.18. The predicted molar refractivity (Wildman–Crippen MR) is 98.6 cm³/mol. The Morgan fingerprint density at radius 1 is 1.11 bits per heavy atom. The number of allylic oxidation sites excluding steroid dienone is 2. The summed E-state index contributed by atoms with van der Waals surface area (Å²) in [5.41, 5.74) is 0.771. The van der Waals surface area contributed by atoms with E-state index in [0.717, 1.165) is 12.0 Å². The maximum atomic E-state index is 13.2. The number of amides is 3. The first-order valence-corrected chi connectivity index (χ1v) is 9.31. The normalized spacial score (nSPS) is 29.2. The highest BCUT2D eigenvalue weighted by atomic mass is 16.5. The lowest BCUT2D eigenvalue weighted by atomic mass is 9.85. The molecule has 3 amide bonds. The van der Waals surface area contributed by atoms with E-state index in [2.05, 4.69) is 12.2 Å². The Kier molecular flexibility index (Phi) is 4.29. The maximum absolute atomic E-state index is 13.2. The van der Waals surface area contributed by atoms with Crippen molar-refractivity contribution in [2.24, 2.45) is 23.7 Å². The highest BCUT2D eigenvalue weighted by Gasteiger charge is 2.60. The number of carbonyl (C=O) groups excluding carboxylic acids is 3. The molecular weight excluding hydrogens is 344 g/mol. The van der Waals surface area contributed by atoms with E-state index in [1.807, 2.05) is 12.1 Å². The Morgan fingerprint density at radius 2 is 1.67 bits per heavy atom. The van der Waals surface area contributed by atoms with E-state index in [1.54, 1.807) is 33.3 Å². The van der Waals surface area contributed by atoms with Gasteiger partial charge < -0.3 is 9.64 Å². The van der Waals surface area contributed by atoms with Gasteiger partial charge in [0, 0.05) is 14.1 Å². The highest BCUT2D eigenvalue weighted by Crippen LogP contribution is 2.54. The molecule has 0 radical (unpaired) electrons. The number of nitrogens with zero attached hydrogens (tertiary/aromatic N) is 2. The minimum absolute atomic E-state index is 0.0824. The molecule has 2 fully saturated rings. The Hall–Kier alpha value is -2.63. The summed E-state index contributed by atoms with van der Waals surface area (Å²) in [6.45, 7) is 0. The molecule has 5 atom stereocenters. The van der Waals surface area contributed by atoms with E-state index in [-0.39, 0.29) is 47.8 Å². The second kappa shape index (κ2) is 6.51. The van der Waals surface area contributed by atoms with Crippen LogP contribution in [0.1, 0.15) is 24.4 Å². The molecule has 6 heteroatoms. The van der Waals surface area contributed by atoms with Crippen molar-refractivity contribution in [1.29, 1.82) is 0 Å². The summed E-state index contributed by atoms with van der Waals surface area (Å²) in [4.78, 5) is 41.7. The van der Waals surface area contributed by atoms with Crippen molar-refractivity contribution in [1.82, 2.24) is 9.80 Å². The molecule has 1 saturated heterocycles. The molecule has 1 aliphatic heterocycles. The van der Waals surface area contributed by atoms with Crippen LogP contribution in [-0.4, -0.2) is 48.7 Å². The molecule has 0 aromatic heterocycles. The third-order valence-corrected chi connectivity index (χ3v) is 6.18. The van der Waals surface area contributed by atoms with Crippen LogP contribution in [0.4, 0.5) is 0 Å². The van der Waals surface area contributed by atoms with Crippen molar-refractivity contribution >= 4 is 17.7 Å². The number of hydrogen-bond donors (Lipinski definition) is 0. The van der Waals surface area contributed by atoms with Crippen LogP contribution in [0, 0.1) is 23.7 Å². The standard InChI is InChI=1S/C21H24N2O4/c1-22(2)17(24)11-16(12-6-8-15(27-3)9-7-12)23-20(25)18-13-4-5-14(10-13)19(18)21(23)26/h4-9,13-14,16,18-19H,10-11H2,1-3H3. The van der Waals surface area contributed by atoms with Gasteiger partial charge in [-0.1, -0.05) is 24.3 Å². The number of carbonyl (C=O) groups is 3. The van der Waals surface area contributed by atoms with Crippen molar-refractivity contribution in [3.63, 3.8) is 0 Å². The van der Waals surface area contributed by atoms with E-state index in [0.29, 0.717) is 5.75 Å². The number of rotatable bonds is 5. The molecule has 2 bridgehead atoms. The molecule has 1 aromatic carbocycles. The van der Waals surface area contributed by atoms with E-state index in [4.69, 9.17) is 4.74 Å². The molecule has 1 saturated carbocycles. The number of fused-ring (bicyclic) bond motifs is 5. The summed E-state index contributed by atoms with van der Waals surface area (Å²) >= 11 is 0. The molecule has 0 spiro atoms. The SMILES string of the molecule is COc1ccc(C(CC(=O)N(C)C)N2C(=O)C3C4C=CC(C4)C3C2=O)cc1. The average molecular weight is 368 g/mol. The summed E-state index contributed by atoms with van der Waals surface area (Å²) in [7, 11) is 4.94. The van der Waals surface area contributed by atoms with Crippen LogP contribution in [0.3, 0.4) is 0 Å². The van der Waals surface area contributed by atoms with E-state index >= 15 is 0 Å². The summed E-state index contributed by atoms with van der Waals surface area (Å²) < 4.78 is 5.20. The van der Waals surface area contributed by atoms with Crippen LogP contribution in [0.25, 0.3) is 0 Å². The van der Waals surface area contributed by atoms with Crippen LogP contribution in [0.2, 0.25) is 0 Å². The Labute approximate surface area is 158 Å². The first kappa shape index (κ1) is 17.8. The van der Waals surface area contributed by atoms with Crippen molar-refractivity contribution in [2.75, 3.05) is 21.2 Å². The predicted octanol–water partition coefficient (Wildman–Crippen LogP) is 2.02. The summed E-state index contributed by atoms with van der Waals surface area (Å²) in [6, 6.07) is 6.65. The monoisotopic (exact) mass is 368 g/mol. The molecule has 4 rings (SSSR count). The van der Waals surface area contributed by atoms with Gasteiger partial charge in [-0.3, -0.25) is 19.3 Å². The van der Waals surface area contributed by atoms with Gasteiger partial charge in [-0.15, -0.1) is 0 Å². The molecular formula is C21H24N2O4. The minimum atomic E-state index is -0.587. The van der Waals surface area contributed by atoms with Crippen molar-refractivity contribution in [3.05, 3.63) is 42.0 Å². The molecule has 2 aliphatic carbocycles. The van der Waals surface area contributed by atoms with Gasteiger partial charge in [-0.05, 0) is 36.0 Å². The average Bonchev–Trinajstić information content (AvgIpc) is 3.34. The van der Waals surface area contributed by atoms with Gasteiger partial charge in [-0.2, -0.15) is 0 Å². The van der Waals surface area contributed by atoms with Gasteiger partial charge in [0.2, 0.25) is 17.7 Å². The van der Waals surface area contributed by atoms with Gasteiger partial charge in [0.1, 0.15) is 5.75 Å². The zero-order chi connectivity index (χ0) is 19.3. The second-order valence-electron chi connectivity index (χ2n) is 7.83. The van der Waals surface area contributed by atoms with Crippen molar-refractivity contribution in [2.45, 2.75) is 18.9 Å². The Morgan fingerprint density at radius 3 is 2.15 bits per heavy atom. The minimum Gasteiger partial charge on any atom is -0.497 e. The zero-order valence-electron chi connectivity index (χ0n) is 15.8. The molecule has 1 aromatic rings. The lowest BCUT2D eigenvalue weighted by Gasteiger charge is -2.29. The van der Waals surface area contributed by atoms with Crippen LogP contribution in [0.5, 0.6) is 5.75 Å².